The first kappa shape index (κ1) is 17.8. The van der Waals surface area contributed by atoms with Crippen LogP contribution < -0.4 is 0 Å². The van der Waals surface area contributed by atoms with Gasteiger partial charge in [-0.3, -0.25) is 4.79 Å². The van der Waals surface area contributed by atoms with Crippen molar-refractivity contribution in [1.82, 2.24) is 9.47 Å². The average Bonchev–Trinajstić information content (AvgIpc) is 3.23. The Balaban J connectivity index is 1.52. The van der Waals surface area contributed by atoms with Crippen molar-refractivity contribution in [3.63, 3.8) is 0 Å². The molecule has 5 heteroatoms. The highest BCUT2D eigenvalue weighted by atomic mass is 35.5. The quantitative estimate of drug-likeness (QED) is 0.738. The Bertz CT molecular complexity index is 927. The van der Waals surface area contributed by atoms with Gasteiger partial charge in [0, 0.05) is 30.5 Å². The van der Waals surface area contributed by atoms with Gasteiger partial charge in [-0.1, -0.05) is 35.9 Å². The lowest BCUT2D eigenvalue weighted by molar-refractivity contribution is -0.0211. The van der Waals surface area contributed by atoms with Crippen LogP contribution in [-0.4, -0.2) is 33.6 Å². The number of para-hydroxylation sites is 1. The highest BCUT2D eigenvalue weighted by Gasteiger charge is 2.36. The van der Waals surface area contributed by atoms with Crippen molar-refractivity contribution in [1.29, 1.82) is 0 Å². The summed E-state index contributed by atoms with van der Waals surface area (Å²) in [7, 11) is 0. The largest absolute Gasteiger partial charge is 0.385 e. The number of amides is 1. The number of nitrogens with zero attached hydrogens (tertiary/aromatic N) is 2. The molecule has 138 valence electrons. The second-order valence-electron chi connectivity index (χ2n) is 6.94. The van der Waals surface area contributed by atoms with Crippen LogP contribution in [0.25, 0.3) is 5.69 Å². The van der Waals surface area contributed by atoms with Crippen LogP contribution in [0.15, 0.2) is 73.1 Å². The maximum atomic E-state index is 13.1. The smallest absolute Gasteiger partial charge is 0.255 e. The summed E-state index contributed by atoms with van der Waals surface area (Å²) in [5.41, 5.74) is 1.48. The van der Waals surface area contributed by atoms with Crippen molar-refractivity contribution in [3.05, 3.63) is 89.2 Å². The number of rotatable bonds is 3. The first-order valence-corrected chi connectivity index (χ1v) is 9.45. The van der Waals surface area contributed by atoms with Crippen LogP contribution >= 0.6 is 11.6 Å². The van der Waals surface area contributed by atoms with E-state index in [0.29, 0.717) is 36.5 Å². The minimum atomic E-state index is -0.915. The van der Waals surface area contributed by atoms with E-state index in [1.54, 1.807) is 12.1 Å². The van der Waals surface area contributed by atoms with E-state index in [1.165, 1.54) is 0 Å². The van der Waals surface area contributed by atoms with Gasteiger partial charge >= 0.3 is 0 Å². The first-order chi connectivity index (χ1) is 13.1. The van der Waals surface area contributed by atoms with Crippen molar-refractivity contribution < 1.29 is 9.90 Å². The standard InChI is InChI=1S/C22H21ClN2O2/c23-18-9-7-17(8-10-18)22(27)11-15-25(16-12-22)21(26)19-5-1-2-6-20(19)24-13-3-4-14-24/h1-10,13-14,27H,11-12,15-16H2. The molecule has 2 aromatic carbocycles. The van der Waals surface area contributed by atoms with E-state index < -0.39 is 5.60 Å². The molecule has 1 aliphatic rings. The molecule has 0 aliphatic carbocycles. The number of aliphatic hydroxyl groups is 1. The van der Waals surface area contributed by atoms with E-state index >= 15 is 0 Å². The summed E-state index contributed by atoms with van der Waals surface area (Å²) in [6.45, 7) is 1.02. The van der Waals surface area contributed by atoms with Crippen LogP contribution in [0, 0.1) is 0 Å². The summed E-state index contributed by atoms with van der Waals surface area (Å²) in [6.07, 6.45) is 4.88. The number of carbonyl (C=O) groups excluding carboxylic acids is 1. The van der Waals surface area contributed by atoms with Crippen LogP contribution in [-0.2, 0) is 5.60 Å². The SMILES string of the molecule is O=C(c1ccccc1-n1cccc1)N1CCC(O)(c2ccc(Cl)cc2)CC1. The van der Waals surface area contributed by atoms with Crippen molar-refractivity contribution in [2.75, 3.05) is 13.1 Å². The molecule has 0 unspecified atom stereocenters. The highest BCUT2D eigenvalue weighted by molar-refractivity contribution is 6.30. The normalized spacial score (nSPS) is 16.3. The summed E-state index contributed by atoms with van der Waals surface area (Å²) in [5.74, 6) is -0.00236. The van der Waals surface area contributed by atoms with Gasteiger partial charge in [-0.2, -0.15) is 0 Å². The van der Waals surface area contributed by atoms with Crippen LogP contribution in [0.4, 0.5) is 0 Å². The third kappa shape index (κ3) is 3.51. The zero-order valence-electron chi connectivity index (χ0n) is 14.9. The van der Waals surface area contributed by atoms with E-state index in [0.717, 1.165) is 11.3 Å². The Morgan fingerprint density at radius 3 is 2.22 bits per heavy atom. The number of hydrogen-bond acceptors (Lipinski definition) is 2. The fourth-order valence-corrected chi connectivity index (χ4v) is 3.80. The molecule has 0 atom stereocenters. The molecular weight excluding hydrogens is 360 g/mol. The molecule has 1 amide bonds. The zero-order chi connectivity index (χ0) is 18.9. The number of piperidine rings is 1. The molecule has 3 aromatic rings. The molecule has 1 aromatic heterocycles. The molecule has 1 fully saturated rings. The third-order valence-corrected chi connectivity index (χ3v) is 5.53. The maximum absolute atomic E-state index is 13.1. The fraction of sp³-hybridized carbons (Fsp3) is 0.227. The van der Waals surface area contributed by atoms with Gasteiger partial charge in [0.2, 0.25) is 0 Å². The van der Waals surface area contributed by atoms with E-state index in [4.69, 9.17) is 11.6 Å². The Labute approximate surface area is 163 Å². The van der Waals surface area contributed by atoms with Gasteiger partial charge < -0.3 is 14.6 Å². The molecule has 1 N–H and O–H groups in total. The van der Waals surface area contributed by atoms with Gasteiger partial charge in [0.25, 0.3) is 5.91 Å². The molecule has 4 rings (SSSR count). The molecular formula is C22H21ClN2O2. The summed E-state index contributed by atoms with van der Waals surface area (Å²) < 4.78 is 1.95. The Hall–Kier alpha value is -2.56. The van der Waals surface area contributed by atoms with E-state index in [1.807, 2.05) is 70.4 Å². The zero-order valence-corrected chi connectivity index (χ0v) is 15.6. The number of likely N-dealkylation sites (tertiary alicyclic amines) is 1. The van der Waals surface area contributed by atoms with Gasteiger partial charge in [-0.05, 0) is 54.8 Å². The molecule has 1 saturated heterocycles. The molecule has 0 radical (unpaired) electrons. The number of hydrogen-bond donors (Lipinski definition) is 1. The van der Waals surface area contributed by atoms with E-state index in [9.17, 15) is 9.90 Å². The monoisotopic (exact) mass is 380 g/mol. The predicted octanol–water partition coefficient (Wildman–Crippen LogP) is 4.25. The summed E-state index contributed by atoms with van der Waals surface area (Å²) in [5, 5.41) is 11.7. The van der Waals surface area contributed by atoms with Crippen LogP contribution in [0.3, 0.4) is 0 Å². The van der Waals surface area contributed by atoms with Gasteiger partial charge in [0.05, 0.1) is 16.9 Å². The number of benzene rings is 2. The van der Waals surface area contributed by atoms with Crippen molar-refractivity contribution in [3.8, 4) is 5.69 Å². The van der Waals surface area contributed by atoms with Gasteiger partial charge in [0.15, 0.2) is 0 Å². The Morgan fingerprint density at radius 2 is 1.56 bits per heavy atom. The van der Waals surface area contributed by atoms with Crippen molar-refractivity contribution >= 4 is 17.5 Å². The molecule has 4 nitrogen and oxygen atoms in total. The Morgan fingerprint density at radius 1 is 0.926 bits per heavy atom. The number of aromatic nitrogens is 1. The molecule has 2 heterocycles. The lowest BCUT2D eigenvalue weighted by atomic mass is 9.84. The molecule has 0 bridgehead atoms. The summed E-state index contributed by atoms with van der Waals surface area (Å²) in [4.78, 5) is 14.9. The highest BCUT2D eigenvalue weighted by Crippen LogP contribution is 2.34. The summed E-state index contributed by atoms with van der Waals surface area (Å²) >= 11 is 5.95. The summed E-state index contributed by atoms with van der Waals surface area (Å²) in [6, 6.07) is 18.8. The van der Waals surface area contributed by atoms with Gasteiger partial charge in [-0.15, -0.1) is 0 Å². The van der Waals surface area contributed by atoms with Gasteiger partial charge in [-0.25, -0.2) is 0 Å². The third-order valence-electron chi connectivity index (χ3n) is 5.28. The molecule has 0 spiro atoms. The van der Waals surface area contributed by atoms with Crippen molar-refractivity contribution in [2.45, 2.75) is 18.4 Å². The van der Waals surface area contributed by atoms with Gasteiger partial charge in [0.1, 0.15) is 0 Å². The minimum absolute atomic E-state index is 0.00236. The number of carbonyl (C=O) groups is 1. The maximum Gasteiger partial charge on any atom is 0.255 e. The average molecular weight is 381 g/mol. The number of halogens is 1. The fourth-order valence-electron chi connectivity index (χ4n) is 3.67. The first-order valence-electron chi connectivity index (χ1n) is 9.07. The van der Waals surface area contributed by atoms with Crippen LogP contribution in [0.2, 0.25) is 5.02 Å². The molecule has 1 aliphatic heterocycles. The van der Waals surface area contributed by atoms with Crippen LogP contribution in [0.5, 0.6) is 0 Å². The van der Waals surface area contributed by atoms with E-state index in [-0.39, 0.29) is 5.91 Å². The molecule has 27 heavy (non-hydrogen) atoms. The van der Waals surface area contributed by atoms with E-state index in [2.05, 4.69) is 0 Å². The lowest BCUT2D eigenvalue weighted by Crippen LogP contribution is -2.45. The second kappa shape index (κ2) is 7.22. The lowest BCUT2D eigenvalue weighted by Gasteiger charge is -2.38. The predicted molar refractivity (Wildman–Crippen MR) is 106 cm³/mol. The molecule has 0 saturated carbocycles. The van der Waals surface area contributed by atoms with Crippen LogP contribution in [0.1, 0.15) is 28.8 Å². The van der Waals surface area contributed by atoms with Crippen molar-refractivity contribution in [2.24, 2.45) is 0 Å². The second-order valence-corrected chi connectivity index (χ2v) is 7.37. The topological polar surface area (TPSA) is 45.5 Å². The minimum Gasteiger partial charge on any atom is -0.385 e. The Kier molecular flexibility index (Phi) is 4.77.